The fourth-order valence-corrected chi connectivity index (χ4v) is 3.33. The van der Waals surface area contributed by atoms with Crippen LogP contribution in [0.1, 0.15) is 19.3 Å². The van der Waals surface area contributed by atoms with Crippen LogP contribution in [0.15, 0.2) is 18.3 Å². The monoisotopic (exact) mass is 306 g/mol. The number of rotatable bonds is 6. The predicted octanol–water partition coefficient (Wildman–Crippen LogP) is 1.90. The van der Waals surface area contributed by atoms with Gasteiger partial charge in [0.15, 0.2) is 0 Å². The van der Waals surface area contributed by atoms with E-state index in [1.807, 2.05) is 0 Å². The zero-order valence-corrected chi connectivity index (χ0v) is 12.6. The molecule has 0 aromatic carbocycles. The first-order valence-electron chi connectivity index (χ1n) is 7.90. The molecular formula is C15H22N4O3. The van der Waals surface area contributed by atoms with E-state index in [0.29, 0.717) is 17.8 Å². The van der Waals surface area contributed by atoms with Gasteiger partial charge in [-0.15, -0.1) is 0 Å². The summed E-state index contributed by atoms with van der Waals surface area (Å²) in [5, 5.41) is 14.0. The number of anilines is 1. The van der Waals surface area contributed by atoms with Gasteiger partial charge < -0.3 is 10.1 Å². The molecular weight excluding hydrogens is 284 g/mol. The molecule has 2 aliphatic rings. The third-order valence-corrected chi connectivity index (χ3v) is 4.57. The van der Waals surface area contributed by atoms with Crippen LogP contribution in [0.5, 0.6) is 0 Å². The molecule has 0 aliphatic carbocycles. The number of aromatic nitrogens is 1. The van der Waals surface area contributed by atoms with Crippen LogP contribution in [0.2, 0.25) is 0 Å². The Morgan fingerprint density at radius 2 is 2.27 bits per heavy atom. The molecule has 3 rings (SSSR count). The van der Waals surface area contributed by atoms with Gasteiger partial charge in [-0.05, 0) is 38.4 Å². The molecule has 7 nitrogen and oxygen atoms in total. The Morgan fingerprint density at radius 1 is 1.45 bits per heavy atom. The molecule has 22 heavy (non-hydrogen) atoms. The SMILES string of the molecule is O=[N+]([O-])c1ccc(NC[C@H]([C@@H]2CCOC2)N2CCCC2)nc1. The van der Waals surface area contributed by atoms with Crippen molar-refractivity contribution in [2.45, 2.75) is 25.3 Å². The van der Waals surface area contributed by atoms with Crippen LogP contribution in [0.25, 0.3) is 0 Å². The lowest BCUT2D eigenvalue weighted by atomic mass is 9.97. The van der Waals surface area contributed by atoms with Gasteiger partial charge in [0.25, 0.3) is 5.69 Å². The van der Waals surface area contributed by atoms with Crippen LogP contribution in [0.3, 0.4) is 0 Å². The highest BCUT2D eigenvalue weighted by molar-refractivity contribution is 5.40. The minimum atomic E-state index is -0.431. The molecule has 0 saturated carbocycles. The van der Waals surface area contributed by atoms with Crippen molar-refractivity contribution in [2.24, 2.45) is 5.92 Å². The van der Waals surface area contributed by atoms with Crippen molar-refractivity contribution in [3.63, 3.8) is 0 Å². The smallest absolute Gasteiger partial charge is 0.287 e. The number of hydrogen-bond acceptors (Lipinski definition) is 6. The molecule has 120 valence electrons. The molecule has 3 heterocycles. The summed E-state index contributed by atoms with van der Waals surface area (Å²) >= 11 is 0. The predicted molar refractivity (Wildman–Crippen MR) is 82.9 cm³/mol. The van der Waals surface area contributed by atoms with Gasteiger partial charge in [0.1, 0.15) is 12.0 Å². The van der Waals surface area contributed by atoms with Gasteiger partial charge in [0, 0.05) is 31.2 Å². The fraction of sp³-hybridized carbons (Fsp3) is 0.667. The minimum absolute atomic E-state index is 0.0193. The molecule has 1 aromatic rings. The van der Waals surface area contributed by atoms with E-state index in [4.69, 9.17) is 4.74 Å². The Kier molecular flexibility index (Phi) is 4.84. The molecule has 0 spiro atoms. The Morgan fingerprint density at radius 3 is 2.86 bits per heavy atom. The number of nitrogens with one attached hydrogen (secondary N) is 1. The Bertz CT molecular complexity index is 480. The highest BCUT2D eigenvalue weighted by atomic mass is 16.6. The van der Waals surface area contributed by atoms with Crippen LogP contribution >= 0.6 is 0 Å². The summed E-state index contributed by atoms with van der Waals surface area (Å²) < 4.78 is 5.55. The number of nitrogens with zero attached hydrogens (tertiary/aromatic N) is 3. The Labute approximate surface area is 129 Å². The molecule has 2 fully saturated rings. The molecule has 0 unspecified atom stereocenters. The number of nitro groups is 1. The molecule has 2 atom stereocenters. The van der Waals surface area contributed by atoms with Crippen molar-refractivity contribution in [1.82, 2.24) is 9.88 Å². The number of ether oxygens (including phenoxy) is 1. The van der Waals surface area contributed by atoms with Crippen LogP contribution in [-0.4, -0.2) is 53.7 Å². The van der Waals surface area contributed by atoms with Crippen molar-refractivity contribution >= 4 is 11.5 Å². The van der Waals surface area contributed by atoms with Crippen LogP contribution in [0, 0.1) is 16.0 Å². The van der Waals surface area contributed by atoms with E-state index in [0.717, 1.165) is 39.3 Å². The van der Waals surface area contributed by atoms with Gasteiger partial charge in [-0.1, -0.05) is 0 Å². The second-order valence-electron chi connectivity index (χ2n) is 5.97. The normalized spacial score (nSPS) is 23.5. The van der Waals surface area contributed by atoms with Gasteiger partial charge in [0.05, 0.1) is 11.5 Å². The summed E-state index contributed by atoms with van der Waals surface area (Å²) in [6.07, 6.45) is 4.93. The standard InChI is InChI=1S/C15H22N4O3/c20-19(21)13-3-4-15(16-9-13)17-10-14(12-5-8-22-11-12)18-6-1-2-7-18/h3-4,9,12,14H,1-2,5-8,10-11H2,(H,16,17)/t12-,14-/m1/s1. The van der Waals surface area contributed by atoms with Gasteiger partial charge in [-0.2, -0.15) is 0 Å². The summed E-state index contributed by atoms with van der Waals surface area (Å²) in [6.45, 7) is 4.78. The third-order valence-electron chi connectivity index (χ3n) is 4.57. The molecule has 2 aliphatic heterocycles. The second-order valence-corrected chi connectivity index (χ2v) is 5.97. The van der Waals surface area contributed by atoms with E-state index in [1.165, 1.54) is 25.1 Å². The number of hydrogen-bond donors (Lipinski definition) is 1. The zero-order chi connectivity index (χ0) is 15.4. The maximum atomic E-state index is 10.7. The van der Waals surface area contributed by atoms with Crippen molar-refractivity contribution < 1.29 is 9.66 Å². The quantitative estimate of drug-likeness (QED) is 0.638. The molecule has 0 radical (unpaired) electrons. The number of likely N-dealkylation sites (tertiary alicyclic amines) is 1. The molecule has 0 amide bonds. The largest absolute Gasteiger partial charge is 0.381 e. The van der Waals surface area contributed by atoms with Gasteiger partial charge in [-0.3, -0.25) is 15.0 Å². The zero-order valence-electron chi connectivity index (χ0n) is 12.6. The van der Waals surface area contributed by atoms with Gasteiger partial charge >= 0.3 is 0 Å². The average molecular weight is 306 g/mol. The number of pyridine rings is 1. The van der Waals surface area contributed by atoms with E-state index in [9.17, 15) is 10.1 Å². The highest BCUT2D eigenvalue weighted by Gasteiger charge is 2.31. The van der Waals surface area contributed by atoms with E-state index in [2.05, 4.69) is 15.2 Å². The van der Waals surface area contributed by atoms with Crippen molar-refractivity contribution in [1.29, 1.82) is 0 Å². The molecule has 2 saturated heterocycles. The van der Waals surface area contributed by atoms with E-state index < -0.39 is 4.92 Å². The van der Waals surface area contributed by atoms with Crippen molar-refractivity contribution in [2.75, 3.05) is 38.2 Å². The third kappa shape index (κ3) is 3.53. The fourth-order valence-electron chi connectivity index (χ4n) is 3.33. The molecule has 1 N–H and O–H groups in total. The van der Waals surface area contributed by atoms with Crippen LogP contribution < -0.4 is 5.32 Å². The minimum Gasteiger partial charge on any atom is -0.381 e. The summed E-state index contributed by atoms with van der Waals surface area (Å²) in [7, 11) is 0. The van der Waals surface area contributed by atoms with Gasteiger partial charge in [-0.25, -0.2) is 4.98 Å². The van der Waals surface area contributed by atoms with Crippen molar-refractivity contribution in [3.8, 4) is 0 Å². The molecule has 1 aromatic heterocycles. The summed E-state index contributed by atoms with van der Waals surface area (Å²) in [5.41, 5.74) is 0.0193. The summed E-state index contributed by atoms with van der Waals surface area (Å²) in [4.78, 5) is 16.9. The van der Waals surface area contributed by atoms with Crippen LogP contribution in [0.4, 0.5) is 11.5 Å². The lowest BCUT2D eigenvalue weighted by Gasteiger charge is -2.32. The van der Waals surface area contributed by atoms with Crippen molar-refractivity contribution in [3.05, 3.63) is 28.4 Å². The average Bonchev–Trinajstić information content (AvgIpc) is 3.22. The van der Waals surface area contributed by atoms with Gasteiger partial charge in [0.2, 0.25) is 0 Å². The Balaban J connectivity index is 1.61. The first-order chi connectivity index (χ1) is 10.7. The highest BCUT2D eigenvalue weighted by Crippen LogP contribution is 2.25. The first kappa shape index (κ1) is 15.2. The molecule has 7 heteroatoms. The van der Waals surface area contributed by atoms with E-state index >= 15 is 0 Å². The summed E-state index contributed by atoms with van der Waals surface area (Å²) in [5.74, 6) is 1.25. The topological polar surface area (TPSA) is 80.5 Å². The first-order valence-corrected chi connectivity index (χ1v) is 7.90. The summed E-state index contributed by atoms with van der Waals surface area (Å²) in [6, 6.07) is 3.60. The van der Waals surface area contributed by atoms with E-state index in [-0.39, 0.29) is 5.69 Å². The second kappa shape index (κ2) is 7.02. The Hall–Kier alpha value is -1.73. The lowest BCUT2D eigenvalue weighted by Crippen LogP contribution is -2.44. The maximum absolute atomic E-state index is 10.7. The molecule has 0 bridgehead atoms. The lowest BCUT2D eigenvalue weighted by molar-refractivity contribution is -0.385. The van der Waals surface area contributed by atoms with E-state index in [1.54, 1.807) is 6.07 Å². The van der Waals surface area contributed by atoms with Crippen LogP contribution in [-0.2, 0) is 4.74 Å². The maximum Gasteiger partial charge on any atom is 0.287 e.